The number of nitrogens with zero attached hydrogens (tertiary/aromatic N) is 1. The molecule has 0 saturated carbocycles. The van der Waals surface area contributed by atoms with Gasteiger partial charge >= 0.3 is 6.09 Å². The number of ether oxygens (including phenoxy) is 1. The fourth-order valence-corrected chi connectivity index (χ4v) is 3.51. The molecule has 1 saturated heterocycles. The van der Waals surface area contributed by atoms with E-state index in [-0.39, 0.29) is 6.09 Å². The second-order valence-electron chi connectivity index (χ2n) is 6.85. The van der Waals surface area contributed by atoms with Gasteiger partial charge in [0.25, 0.3) is 0 Å². The van der Waals surface area contributed by atoms with Crippen LogP contribution in [0.5, 0.6) is 0 Å². The first-order valence-electron chi connectivity index (χ1n) is 7.50. The largest absolute Gasteiger partial charge is 0.444 e. The lowest BCUT2D eigenvalue weighted by molar-refractivity contribution is 0.0277. The van der Waals surface area contributed by atoms with E-state index in [1.807, 2.05) is 20.8 Å². The van der Waals surface area contributed by atoms with Crippen LogP contribution in [0.4, 0.5) is 4.79 Å². The van der Waals surface area contributed by atoms with Crippen molar-refractivity contribution < 1.29 is 9.53 Å². The molecule has 0 aromatic carbocycles. The smallest absolute Gasteiger partial charge is 0.410 e. The zero-order valence-corrected chi connectivity index (χ0v) is 14.4. The van der Waals surface area contributed by atoms with Crippen LogP contribution in [-0.2, 0) is 4.74 Å². The maximum Gasteiger partial charge on any atom is 0.410 e. The number of nitrogens with one attached hydrogen (secondary N) is 1. The minimum Gasteiger partial charge on any atom is -0.444 e. The second kappa shape index (κ2) is 8.13. The molecular weight excluding hydrogens is 272 g/mol. The average Bonchev–Trinajstić information content (AvgIpc) is 2.79. The Kier molecular flexibility index (Phi) is 7.17. The highest BCUT2D eigenvalue weighted by Crippen LogP contribution is 2.22. The van der Waals surface area contributed by atoms with E-state index in [0.29, 0.717) is 5.92 Å². The summed E-state index contributed by atoms with van der Waals surface area (Å²) in [5.41, 5.74) is -0.424. The van der Waals surface area contributed by atoms with Crippen LogP contribution >= 0.6 is 11.8 Å². The van der Waals surface area contributed by atoms with E-state index in [9.17, 15) is 4.79 Å². The Labute approximate surface area is 128 Å². The van der Waals surface area contributed by atoms with Gasteiger partial charge in [-0.3, -0.25) is 0 Å². The summed E-state index contributed by atoms with van der Waals surface area (Å²) < 4.78 is 5.35. The van der Waals surface area contributed by atoms with Gasteiger partial charge in [-0.15, -0.1) is 0 Å². The molecule has 5 heteroatoms. The zero-order valence-electron chi connectivity index (χ0n) is 13.6. The van der Waals surface area contributed by atoms with Crippen molar-refractivity contribution >= 4 is 17.9 Å². The molecule has 0 aromatic heterocycles. The first kappa shape index (κ1) is 17.6. The Morgan fingerprint density at radius 2 is 2.20 bits per heavy atom. The van der Waals surface area contributed by atoms with Crippen LogP contribution in [0.15, 0.2) is 0 Å². The lowest BCUT2D eigenvalue weighted by Gasteiger charge is -2.26. The SMILES string of the molecule is CC(CNCC1CCSC1)CN(C)C(=O)OC(C)(C)C. The highest BCUT2D eigenvalue weighted by Gasteiger charge is 2.21. The van der Waals surface area contributed by atoms with E-state index < -0.39 is 5.60 Å². The lowest BCUT2D eigenvalue weighted by Crippen LogP contribution is -2.39. The molecular formula is C15H30N2O2S. The molecule has 2 unspecified atom stereocenters. The van der Waals surface area contributed by atoms with Gasteiger partial charge in [0.05, 0.1) is 0 Å². The first-order chi connectivity index (χ1) is 9.28. The normalized spacial score (nSPS) is 20.8. The number of hydrogen-bond donors (Lipinski definition) is 1. The quantitative estimate of drug-likeness (QED) is 0.819. The Bertz CT molecular complexity index is 299. The van der Waals surface area contributed by atoms with Crippen LogP contribution in [0.3, 0.4) is 0 Å². The Balaban J connectivity index is 2.16. The van der Waals surface area contributed by atoms with Gasteiger partial charge in [0.15, 0.2) is 0 Å². The van der Waals surface area contributed by atoms with Gasteiger partial charge in [0.2, 0.25) is 0 Å². The predicted molar refractivity (Wildman–Crippen MR) is 86.3 cm³/mol. The number of rotatable bonds is 6. The molecule has 4 nitrogen and oxygen atoms in total. The van der Waals surface area contributed by atoms with E-state index in [4.69, 9.17) is 4.74 Å². The highest BCUT2D eigenvalue weighted by molar-refractivity contribution is 7.99. The van der Waals surface area contributed by atoms with Gasteiger partial charge in [-0.05, 0) is 63.6 Å². The fourth-order valence-electron chi connectivity index (χ4n) is 2.22. The van der Waals surface area contributed by atoms with Gasteiger partial charge in [-0.2, -0.15) is 11.8 Å². The molecule has 0 spiro atoms. The third kappa shape index (κ3) is 7.39. The fraction of sp³-hybridized carbons (Fsp3) is 0.933. The molecule has 0 aliphatic carbocycles. The molecule has 1 amide bonds. The Morgan fingerprint density at radius 3 is 2.75 bits per heavy atom. The summed E-state index contributed by atoms with van der Waals surface area (Å²) in [6, 6.07) is 0. The van der Waals surface area contributed by atoms with E-state index in [1.54, 1.807) is 11.9 Å². The highest BCUT2D eigenvalue weighted by atomic mass is 32.2. The summed E-state index contributed by atoms with van der Waals surface area (Å²) in [4.78, 5) is 13.5. The molecule has 1 N–H and O–H groups in total. The van der Waals surface area contributed by atoms with Crippen LogP contribution < -0.4 is 5.32 Å². The third-order valence-corrected chi connectivity index (χ3v) is 4.47. The van der Waals surface area contributed by atoms with Crippen LogP contribution in [-0.4, -0.2) is 54.8 Å². The lowest BCUT2D eigenvalue weighted by atomic mass is 10.1. The summed E-state index contributed by atoms with van der Waals surface area (Å²) >= 11 is 2.05. The molecule has 1 aliphatic heterocycles. The van der Waals surface area contributed by atoms with Crippen LogP contribution in [0, 0.1) is 11.8 Å². The number of thioether (sulfide) groups is 1. The maximum absolute atomic E-state index is 11.9. The predicted octanol–water partition coefficient (Wildman–Crippen LogP) is 2.83. The van der Waals surface area contributed by atoms with E-state index in [2.05, 4.69) is 24.0 Å². The van der Waals surface area contributed by atoms with Crippen LogP contribution in [0.1, 0.15) is 34.1 Å². The van der Waals surface area contributed by atoms with Crippen molar-refractivity contribution in [3.8, 4) is 0 Å². The maximum atomic E-state index is 11.9. The van der Waals surface area contributed by atoms with Crippen molar-refractivity contribution in [3.05, 3.63) is 0 Å². The van der Waals surface area contributed by atoms with E-state index in [0.717, 1.165) is 25.6 Å². The van der Waals surface area contributed by atoms with Gasteiger partial charge in [0, 0.05) is 13.6 Å². The molecule has 1 rings (SSSR count). The number of carbonyl (C=O) groups excluding carboxylic acids is 1. The van der Waals surface area contributed by atoms with Crippen LogP contribution in [0.2, 0.25) is 0 Å². The molecule has 0 aromatic rings. The summed E-state index contributed by atoms with van der Waals surface area (Å²) in [6.07, 6.45) is 1.10. The molecule has 118 valence electrons. The van der Waals surface area contributed by atoms with Gasteiger partial charge in [-0.1, -0.05) is 6.92 Å². The third-order valence-electron chi connectivity index (χ3n) is 3.24. The number of amides is 1. The van der Waals surface area contributed by atoms with Gasteiger partial charge in [0.1, 0.15) is 5.60 Å². The van der Waals surface area contributed by atoms with Crippen LogP contribution in [0.25, 0.3) is 0 Å². The van der Waals surface area contributed by atoms with E-state index in [1.165, 1.54) is 17.9 Å². The molecule has 20 heavy (non-hydrogen) atoms. The topological polar surface area (TPSA) is 41.6 Å². The summed E-state index contributed by atoms with van der Waals surface area (Å²) in [5, 5.41) is 3.53. The Hall–Kier alpha value is -0.420. The van der Waals surface area contributed by atoms with Crippen molar-refractivity contribution in [1.82, 2.24) is 10.2 Å². The van der Waals surface area contributed by atoms with Crippen molar-refractivity contribution in [2.45, 2.75) is 39.7 Å². The molecule has 1 fully saturated rings. The van der Waals surface area contributed by atoms with Gasteiger partial charge < -0.3 is 15.0 Å². The van der Waals surface area contributed by atoms with Crippen molar-refractivity contribution in [2.75, 3.05) is 38.2 Å². The van der Waals surface area contributed by atoms with Gasteiger partial charge in [-0.25, -0.2) is 4.79 Å². The Morgan fingerprint density at radius 1 is 1.50 bits per heavy atom. The van der Waals surface area contributed by atoms with Crippen molar-refractivity contribution in [1.29, 1.82) is 0 Å². The first-order valence-corrected chi connectivity index (χ1v) is 8.66. The standard InChI is InChI=1S/C15H30N2O2S/c1-12(8-16-9-13-6-7-20-11-13)10-17(5)14(18)19-15(2,3)4/h12-13,16H,6-11H2,1-5H3. The minimum atomic E-state index is -0.424. The molecule has 0 radical (unpaired) electrons. The summed E-state index contributed by atoms with van der Waals surface area (Å²) in [5.74, 6) is 3.86. The molecule has 1 heterocycles. The van der Waals surface area contributed by atoms with Crippen molar-refractivity contribution in [2.24, 2.45) is 11.8 Å². The second-order valence-corrected chi connectivity index (χ2v) is 8.00. The van der Waals surface area contributed by atoms with Crippen molar-refractivity contribution in [3.63, 3.8) is 0 Å². The summed E-state index contributed by atoms with van der Waals surface area (Å²) in [7, 11) is 1.80. The minimum absolute atomic E-state index is 0.239. The molecule has 1 aliphatic rings. The van der Waals surface area contributed by atoms with E-state index >= 15 is 0 Å². The monoisotopic (exact) mass is 302 g/mol. The average molecular weight is 302 g/mol. The zero-order chi connectivity index (χ0) is 15.2. The summed E-state index contributed by atoms with van der Waals surface area (Å²) in [6.45, 7) is 10.6. The molecule has 0 bridgehead atoms. The number of carbonyl (C=O) groups is 1. The molecule has 2 atom stereocenters. The number of hydrogen-bond acceptors (Lipinski definition) is 4.